The van der Waals surface area contributed by atoms with Gasteiger partial charge in [0.25, 0.3) is 11.2 Å². The summed E-state index contributed by atoms with van der Waals surface area (Å²) in [6, 6.07) is 18.2. The average molecular weight is 476 g/mol. The van der Waals surface area contributed by atoms with Crippen LogP contribution >= 0.6 is 11.3 Å². The van der Waals surface area contributed by atoms with E-state index in [1.54, 1.807) is 23.1 Å². The molecule has 3 heterocycles. The number of carbonyl (C=O) groups is 1. The van der Waals surface area contributed by atoms with Gasteiger partial charge in [0.15, 0.2) is 0 Å². The van der Waals surface area contributed by atoms with Crippen LogP contribution in [-0.4, -0.2) is 51.5 Å². The molecule has 1 aliphatic heterocycles. The summed E-state index contributed by atoms with van der Waals surface area (Å²) in [4.78, 5) is 46.5. The molecule has 0 radical (unpaired) electrons. The van der Waals surface area contributed by atoms with Crippen LogP contribution in [0.4, 0.5) is 11.4 Å². The van der Waals surface area contributed by atoms with Gasteiger partial charge in [-0.3, -0.25) is 24.3 Å². The number of para-hydroxylation sites is 2. The Morgan fingerprint density at radius 2 is 1.74 bits per heavy atom. The Morgan fingerprint density at radius 3 is 2.47 bits per heavy atom. The fourth-order valence-electron chi connectivity index (χ4n) is 4.15. The van der Waals surface area contributed by atoms with Gasteiger partial charge in [-0.05, 0) is 17.7 Å². The summed E-state index contributed by atoms with van der Waals surface area (Å²) in [5.74, 6) is -0.177. The molecule has 10 heteroatoms. The highest BCUT2D eigenvalue weighted by atomic mass is 32.1. The summed E-state index contributed by atoms with van der Waals surface area (Å²) in [5.41, 5.74) is 1.38. The number of benzene rings is 2. The molecule has 2 aromatic heterocycles. The van der Waals surface area contributed by atoms with Gasteiger partial charge in [0.2, 0.25) is 5.91 Å². The molecule has 1 fully saturated rings. The number of thiophene rings is 1. The Labute approximate surface area is 198 Å². The largest absolute Gasteiger partial charge is 0.362 e. The van der Waals surface area contributed by atoms with Crippen molar-refractivity contribution in [3.63, 3.8) is 0 Å². The molecule has 0 atom stereocenters. The number of nitrogens with zero attached hydrogens (tertiary/aromatic N) is 5. The van der Waals surface area contributed by atoms with Gasteiger partial charge in [-0.1, -0.05) is 42.5 Å². The first kappa shape index (κ1) is 21.8. The molecule has 34 heavy (non-hydrogen) atoms. The quantitative estimate of drug-likeness (QED) is 0.324. The summed E-state index contributed by atoms with van der Waals surface area (Å²) in [6.45, 7) is 1.71. The number of piperazine rings is 1. The second kappa shape index (κ2) is 9.06. The first-order valence-electron chi connectivity index (χ1n) is 10.8. The third kappa shape index (κ3) is 4.15. The number of hydrogen-bond acceptors (Lipinski definition) is 7. The van der Waals surface area contributed by atoms with Gasteiger partial charge in [-0.25, -0.2) is 4.98 Å². The third-order valence-corrected chi connectivity index (χ3v) is 7.03. The van der Waals surface area contributed by atoms with E-state index in [-0.39, 0.29) is 23.7 Å². The minimum atomic E-state index is -0.393. The topological polar surface area (TPSA) is 102 Å². The lowest BCUT2D eigenvalue weighted by Crippen LogP contribution is -2.50. The van der Waals surface area contributed by atoms with Gasteiger partial charge in [0, 0.05) is 37.1 Å². The van der Waals surface area contributed by atoms with Gasteiger partial charge in [0.1, 0.15) is 17.1 Å². The number of nitro groups is 1. The van der Waals surface area contributed by atoms with Crippen LogP contribution in [0.5, 0.6) is 0 Å². The smallest absolute Gasteiger partial charge is 0.292 e. The molecule has 0 N–H and O–H groups in total. The van der Waals surface area contributed by atoms with E-state index in [2.05, 4.69) is 4.98 Å². The van der Waals surface area contributed by atoms with Crippen LogP contribution in [0.2, 0.25) is 0 Å². The van der Waals surface area contributed by atoms with Gasteiger partial charge in [-0.15, -0.1) is 11.3 Å². The number of amides is 1. The van der Waals surface area contributed by atoms with Crippen molar-refractivity contribution in [1.29, 1.82) is 0 Å². The highest BCUT2D eigenvalue weighted by Crippen LogP contribution is 2.31. The minimum absolute atomic E-state index is 0.0545. The van der Waals surface area contributed by atoms with Crippen LogP contribution in [-0.2, 0) is 11.3 Å². The number of rotatable bonds is 5. The molecular weight excluding hydrogens is 454 g/mol. The maximum Gasteiger partial charge on any atom is 0.292 e. The van der Waals surface area contributed by atoms with Crippen molar-refractivity contribution in [2.24, 2.45) is 0 Å². The fourth-order valence-corrected chi connectivity index (χ4v) is 5.14. The minimum Gasteiger partial charge on any atom is -0.362 e. The van der Waals surface area contributed by atoms with E-state index in [0.717, 1.165) is 10.4 Å². The highest BCUT2D eigenvalue weighted by Gasteiger charge is 2.26. The average Bonchev–Trinajstić information content (AvgIpc) is 3.32. The summed E-state index contributed by atoms with van der Waals surface area (Å²) in [7, 11) is 0. The molecule has 0 spiro atoms. The molecule has 0 aliphatic carbocycles. The summed E-state index contributed by atoms with van der Waals surface area (Å²) >= 11 is 1.45. The van der Waals surface area contributed by atoms with Crippen LogP contribution in [0, 0.1) is 10.1 Å². The Morgan fingerprint density at radius 1 is 1.03 bits per heavy atom. The zero-order valence-corrected chi connectivity index (χ0v) is 19.0. The highest BCUT2D eigenvalue weighted by molar-refractivity contribution is 7.21. The molecule has 2 aromatic carbocycles. The van der Waals surface area contributed by atoms with Gasteiger partial charge in [0.05, 0.1) is 16.6 Å². The number of nitro benzene ring substituents is 1. The van der Waals surface area contributed by atoms with E-state index < -0.39 is 4.92 Å². The zero-order chi connectivity index (χ0) is 23.7. The normalized spacial score (nSPS) is 13.9. The lowest BCUT2D eigenvalue weighted by atomic mass is 10.2. The molecule has 1 aliphatic rings. The van der Waals surface area contributed by atoms with Crippen LogP contribution < -0.4 is 10.5 Å². The van der Waals surface area contributed by atoms with Crippen molar-refractivity contribution in [3.05, 3.63) is 87.5 Å². The molecule has 0 unspecified atom stereocenters. The van der Waals surface area contributed by atoms with Crippen LogP contribution in [0.25, 0.3) is 20.7 Å². The van der Waals surface area contributed by atoms with E-state index in [0.29, 0.717) is 42.1 Å². The lowest BCUT2D eigenvalue weighted by molar-refractivity contribution is -0.384. The fraction of sp³-hybridized carbons (Fsp3) is 0.208. The summed E-state index contributed by atoms with van der Waals surface area (Å²) in [5, 5.41) is 11.8. The maximum absolute atomic E-state index is 13.0. The van der Waals surface area contributed by atoms with Crippen molar-refractivity contribution in [1.82, 2.24) is 14.5 Å². The number of anilines is 1. The SMILES string of the molecule is O=C(Cn1cnc2sc(-c3ccccc3)cc2c1=O)N1CCN(c2ccccc2[N+](=O)[O-])CC1. The molecule has 0 saturated carbocycles. The number of hydrogen-bond donors (Lipinski definition) is 0. The van der Waals surface area contributed by atoms with Crippen molar-refractivity contribution >= 4 is 38.8 Å². The van der Waals surface area contributed by atoms with Crippen molar-refractivity contribution < 1.29 is 9.72 Å². The lowest BCUT2D eigenvalue weighted by Gasteiger charge is -2.35. The Kier molecular flexibility index (Phi) is 5.81. The standard InChI is InChI=1S/C24H21N5O4S/c30-22(27-12-10-26(11-13-27)19-8-4-5-9-20(19)29(32)33)15-28-16-25-23-18(24(28)31)14-21(34-23)17-6-2-1-3-7-17/h1-9,14,16H,10-13,15H2. The molecule has 172 valence electrons. The van der Waals surface area contributed by atoms with Gasteiger partial charge >= 0.3 is 0 Å². The first-order valence-corrected chi connectivity index (χ1v) is 11.6. The van der Waals surface area contributed by atoms with Crippen LogP contribution in [0.1, 0.15) is 0 Å². The van der Waals surface area contributed by atoms with Gasteiger partial charge < -0.3 is 9.80 Å². The number of fused-ring (bicyclic) bond motifs is 1. The van der Waals surface area contributed by atoms with Crippen LogP contribution in [0.3, 0.4) is 0 Å². The second-order valence-corrected chi connectivity index (χ2v) is 9.02. The van der Waals surface area contributed by atoms with Crippen molar-refractivity contribution in [3.8, 4) is 10.4 Å². The first-order chi connectivity index (χ1) is 16.5. The predicted molar refractivity (Wildman–Crippen MR) is 131 cm³/mol. The van der Waals surface area contributed by atoms with E-state index in [1.807, 2.05) is 41.3 Å². The number of carbonyl (C=O) groups excluding carboxylic acids is 1. The number of aromatic nitrogens is 2. The Balaban J connectivity index is 1.29. The third-order valence-electron chi connectivity index (χ3n) is 5.93. The molecule has 0 bridgehead atoms. The van der Waals surface area contributed by atoms with E-state index in [4.69, 9.17) is 0 Å². The predicted octanol–water partition coefficient (Wildman–Crippen LogP) is 3.38. The molecular formula is C24H21N5O4S. The zero-order valence-electron chi connectivity index (χ0n) is 18.2. The Bertz CT molecular complexity index is 1420. The molecule has 4 aromatic rings. The van der Waals surface area contributed by atoms with E-state index >= 15 is 0 Å². The molecule has 5 rings (SSSR count). The Hall–Kier alpha value is -4.05. The van der Waals surface area contributed by atoms with Crippen molar-refractivity contribution in [2.45, 2.75) is 6.54 Å². The van der Waals surface area contributed by atoms with Gasteiger partial charge in [-0.2, -0.15) is 0 Å². The monoisotopic (exact) mass is 475 g/mol. The maximum atomic E-state index is 13.0. The van der Waals surface area contributed by atoms with Crippen LogP contribution in [0.15, 0.2) is 71.8 Å². The van der Waals surface area contributed by atoms with E-state index in [1.165, 1.54) is 28.3 Å². The molecule has 1 saturated heterocycles. The van der Waals surface area contributed by atoms with E-state index in [9.17, 15) is 19.7 Å². The second-order valence-electron chi connectivity index (χ2n) is 7.99. The summed E-state index contributed by atoms with van der Waals surface area (Å²) in [6.07, 6.45) is 1.43. The van der Waals surface area contributed by atoms with Crippen molar-refractivity contribution in [2.75, 3.05) is 31.1 Å². The molecule has 1 amide bonds. The molecule has 9 nitrogen and oxygen atoms in total. The summed E-state index contributed by atoms with van der Waals surface area (Å²) < 4.78 is 1.35.